The molecule has 7 heteroatoms. The first-order valence-corrected chi connectivity index (χ1v) is 11.1. The molecule has 1 aliphatic heterocycles. The maximum atomic E-state index is 13.0. The van der Waals surface area contributed by atoms with Crippen molar-refractivity contribution >= 4 is 40.4 Å². The van der Waals surface area contributed by atoms with E-state index in [-0.39, 0.29) is 11.8 Å². The zero-order chi connectivity index (χ0) is 21.3. The molecule has 0 spiro atoms. The van der Waals surface area contributed by atoms with E-state index in [1.165, 1.54) is 11.3 Å². The fourth-order valence-corrected chi connectivity index (χ4v) is 4.77. The summed E-state index contributed by atoms with van der Waals surface area (Å²) in [6, 6.07) is 12.9. The first-order valence-electron chi connectivity index (χ1n) is 9.87. The van der Waals surface area contributed by atoms with Crippen molar-refractivity contribution in [2.75, 3.05) is 18.4 Å². The topological polar surface area (TPSA) is 62.3 Å². The molecule has 0 aliphatic carbocycles. The molecule has 2 amide bonds. The lowest BCUT2D eigenvalue weighted by molar-refractivity contribution is 0.0791. The van der Waals surface area contributed by atoms with Crippen LogP contribution in [-0.2, 0) is 0 Å². The average Bonchev–Trinajstić information content (AvgIpc) is 3.39. The number of halogens is 1. The Hall–Kier alpha value is -2.70. The second-order valence-electron chi connectivity index (χ2n) is 7.38. The summed E-state index contributed by atoms with van der Waals surface area (Å²) < 4.78 is 0. The third-order valence-corrected chi connectivity index (χ3v) is 6.72. The Labute approximate surface area is 184 Å². The molecular formula is C23H22ClN3O2S. The van der Waals surface area contributed by atoms with E-state index in [2.05, 4.69) is 10.3 Å². The lowest BCUT2D eigenvalue weighted by Gasteiger charge is -2.18. The molecule has 0 bridgehead atoms. The number of nitrogens with one attached hydrogen (secondary N) is 1. The Morgan fingerprint density at radius 1 is 1.10 bits per heavy atom. The van der Waals surface area contributed by atoms with Crippen molar-refractivity contribution in [3.05, 3.63) is 69.2 Å². The molecule has 4 rings (SSSR count). The minimum absolute atomic E-state index is 0.0262. The predicted octanol–water partition coefficient (Wildman–Crippen LogP) is 5.57. The molecule has 0 atom stereocenters. The Bertz CT molecular complexity index is 1120. The summed E-state index contributed by atoms with van der Waals surface area (Å²) >= 11 is 7.41. The lowest BCUT2D eigenvalue weighted by Crippen LogP contribution is -2.28. The van der Waals surface area contributed by atoms with Gasteiger partial charge in [0.05, 0.1) is 5.69 Å². The molecule has 3 aromatic rings. The molecule has 0 radical (unpaired) electrons. The molecule has 1 aliphatic rings. The van der Waals surface area contributed by atoms with Crippen LogP contribution in [0, 0.1) is 13.8 Å². The van der Waals surface area contributed by atoms with Gasteiger partial charge in [-0.15, -0.1) is 11.3 Å². The first kappa shape index (κ1) is 20.6. The number of aryl methyl sites for hydroxylation is 1. The third kappa shape index (κ3) is 4.11. The van der Waals surface area contributed by atoms with Gasteiger partial charge in [0.15, 0.2) is 0 Å². The number of rotatable bonds is 4. The largest absolute Gasteiger partial charge is 0.339 e. The van der Waals surface area contributed by atoms with E-state index in [9.17, 15) is 9.59 Å². The second-order valence-corrected chi connectivity index (χ2v) is 8.81. The van der Waals surface area contributed by atoms with Crippen LogP contribution in [0.3, 0.4) is 0 Å². The molecule has 1 N–H and O–H groups in total. The molecule has 0 unspecified atom stereocenters. The number of hydrogen-bond acceptors (Lipinski definition) is 4. The van der Waals surface area contributed by atoms with Crippen LogP contribution < -0.4 is 5.32 Å². The number of amides is 2. The van der Waals surface area contributed by atoms with Gasteiger partial charge in [-0.3, -0.25) is 9.59 Å². The number of nitrogens with zero attached hydrogens (tertiary/aromatic N) is 2. The van der Waals surface area contributed by atoms with Gasteiger partial charge in [-0.2, -0.15) is 0 Å². The SMILES string of the molecule is Cc1nc(-c2cccc(Cl)c2)sc1C(=O)Nc1cccc(C(=O)N2CCCC2)c1C. The maximum absolute atomic E-state index is 13.0. The monoisotopic (exact) mass is 439 g/mol. The van der Waals surface area contributed by atoms with Crippen LogP contribution >= 0.6 is 22.9 Å². The molecule has 30 heavy (non-hydrogen) atoms. The van der Waals surface area contributed by atoms with Gasteiger partial charge in [-0.1, -0.05) is 29.8 Å². The van der Waals surface area contributed by atoms with Crippen LogP contribution in [0.5, 0.6) is 0 Å². The summed E-state index contributed by atoms with van der Waals surface area (Å²) in [4.78, 5) is 32.7. The van der Waals surface area contributed by atoms with Gasteiger partial charge in [-0.25, -0.2) is 4.98 Å². The van der Waals surface area contributed by atoms with E-state index in [4.69, 9.17) is 11.6 Å². The van der Waals surface area contributed by atoms with Gasteiger partial charge in [-0.05, 0) is 56.5 Å². The Morgan fingerprint density at radius 3 is 2.57 bits per heavy atom. The molecule has 1 saturated heterocycles. The minimum atomic E-state index is -0.229. The molecular weight excluding hydrogens is 418 g/mol. The van der Waals surface area contributed by atoms with Gasteiger partial charge in [0, 0.05) is 34.9 Å². The van der Waals surface area contributed by atoms with Crippen molar-refractivity contribution in [1.82, 2.24) is 9.88 Å². The van der Waals surface area contributed by atoms with E-state index < -0.39 is 0 Å². The van der Waals surface area contributed by atoms with Crippen molar-refractivity contribution in [2.45, 2.75) is 26.7 Å². The molecule has 154 valence electrons. The number of thiazole rings is 1. The van der Waals surface area contributed by atoms with Crippen LogP contribution in [0.15, 0.2) is 42.5 Å². The smallest absolute Gasteiger partial charge is 0.267 e. The van der Waals surface area contributed by atoms with Crippen LogP contribution in [0.2, 0.25) is 5.02 Å². The molecule has 2 aromatic carbocycles. The Morgan fingerprint density at radius 2 is 1.83 bits per heavy atom. The fourth-order valence-electron chi connectivity index (χ4n) is 3.62. The third-order valence-electron chi connectivity index (χ3n) is 5.28. The highest BCUT2D eigenvalue weighted by Gasteiger charge is 2.23. The number of hydrogen-bond donors (Lipinski definition) is 1. The number of carbonyl (C=O) groups excluding carboxylic acids is 2. The van der Waals surface area contributed by atoms with Crippen LogP contribution in [0.1, 0.15) is 44.1 Å². The Balaban J connectivity index is 1.57. The van der Waals surface area contributed by atoms with Crippen molar-refractivity contribution in [1.29, 1.82) is 0 Å². The van der Waals surface area contributed by atoms with Crippen molar-refractivity contribution in [2.24, 2.45) is 0 Å². The summed E-state index contributed by atoms with van der Waals surface area (Å²) in [5.74, 6) is -0.203. The quantitative estimate of drug-likeness (QED) is 0.578. The number of anilines is 1. The summed E-state index contributed by atoms with van der Waals surface area (Å²) in [5.41, 5.74) is 3.59. The highest BCUT2D eigenvalue weighted by atomic mass is 35.5. The highest BCUT2D eigenvalue weighted by Crippen LogP contribution is 2.30. The molecule has 1 fully saturated rings. The van der Waals surface area contributed by atoms with Crippen LogP contribution in [0.25, 0.3) is 10.6 Å². The van der Waals surface area contributed by atoms with Crippen molar-refractivity contribution in [3.8, 4) is 10.6 Å². The van der Waals surface area contributed by atoms with E-state index >= 15 is 0 Å². The van der Waals surface area contributed by atoms with E-state index in [1.54, 1.807) is 6.07 Å². The van der Waals surface area contributed by atoms with Gasteiger partial charge >= 0.3 is 0 Å². The van der Waals surface area contributed by atoms with Gasteiger partial charge < -0.3 is 10.2 Å². The van der Waals surface area contributed by atoms with Crippen molar-refractivity contribution in [3.63, 3.8) is 0 Å². The molecule has 0 saturated carbocycles. The second kappa shape index (κ2) is 8.58. The standard InChI is InChI=1S/C23H22ClN3O2S/c1-14-18(23(29)27-11-3-4-12-27)9-6-10-19(14)26-21(28)20-15(2)25-22(30-20)16-7-5-8-17(24)13-16/h5-10,13H,3-4,11-12H2,1-2H3,(H,26,28). The Kier molecular flexibility index (Phi) is 5.88. The van der Waals surface area contributed by atoms with Gasteiger partial charge in [0.25, 0.3) is 11.8 Å². The summed E-state index contributed by atoms with van der Waals surface area (Å²) in [5, 5.41) is 4.34. The zero-order valence-electron chi connectivity index (χ0n) is 16.9. The van der Waals surface area contributed by atoms with E-state index in [1.807, 2.05) is 55.1 Å². The van der Waals surface area contributed by atoms with Crippen molar-refractivity contribution < 1.29 is 9.59 Å². The lowest BCUT2D eigenvalue weighted by atomic mass is 10.1. The normalized spacial score (nSPS) is 13.5. The zero-order valence-corrected chi connectivity index (χ0v) is 18.4. The van der Waals surface area contributed by atoms with E-state index in [0.717, 1.165) is 42.1 Å². The molecule has 5 nitrogen and oxygen atoms in total. The molecule has 2 heterocycles. The predicted molar refractivity (Wildman–Crippen MR) is 122 cm³/mol. The summed E-state index contributed by atoms with van der Waals surface area (Å²) in [6.07, 6.45) is 2.08. The fraction of sp³-hybridized carbons (Fsp3) is 0.261. The number of aromatic nitrogens is 1. The number of benzene rings is 2. The van der Waals surface area contributed by atoms with Gasteiger partial charge in [0.2, 0.25) is 0 Å². The summed E-state index contributed by atoms with van der Waals surface area (Å²) in [7, 11) is 0. The minimum Gasteiger partial charge on any atom is -0.339 e. The van der Waals surface area contributed by atoms with E-state index in [0.29, 0.717) is 26.8 Å². The average molecular weight is 440 g/mol. The maximum Gasteiger partial charge on any atom is 0.267 e. The molecule has 1 aromatic heterocycles. The van der Waals surface area contributed by atoms with Crippen LogP contribution in [0.4, 0.5) is 5.69 Å². The highest BCUT2D eigenvalue weighted by molar-refractivity contribution is 7.17. The first-order chi connectivity index (χ1) is 14.4. The van der Waals surface area contributed by atoms with Gasteiger partial charge in [0.1, 0.15) is 9.88 Å². The number of carbonyl (C=O) groups is 2. The summed E-state index contributed by atoms with van der Waals surface area (Å²) in [6.45, 7) is 5.28. The van der Waals surface area contributed by atoms with Crippen LogP contribution in [-0.4, -0.2) is 34.8 Å². The number of likely N-dealkylation sites (tertiary alicyclic amines) is 1.